The number of nitrogens with one attached hydrogen (secondary N) is 2. The summed E-state index contributed by atoms with van der Waals surface area (Å²) in [7, 11) is 1.82. The van der Waals surface area contributed by atoms with Gasteiger partial charge in [-0.15, -0.1) is 0 Å². The summed E-state index contributed by atoms with van der Waals surface area (Å²) in [6, 6.07) is 10.5. The Bertz CT molecular complexity index is 2350. The Balaban J connectivity index is 0.970. The summed E-state index contributed by atoms with van der Waals surface area (Å²) in [4.78, 5) is 41.6. The van der Waals surface area contributed by atoms with E-state index in [2.05, 4.69) is 26.5 Å². The van der Waals surface area contributed by atoms with Crippen LogP contribution in [0.4, 0.5) is 11.6 Å². The van der Waals surface area contributed by atoms with E-state index in [1.54, 1.807) is 19.1 Å². The molecule has 14 nitrogen and oxygen atoms in total. The lowest BCUT2D eigenvalue weighted by atomic mass is 9.89. The molecule has 1 saturated heterocycles. The van der Waals surface area contributed by atoms with Crippen LogP contribution in [0.15, 0.2) is 74.1 Å². The molecule has 0 saturated carbocycles. The molecule has 0 amide bonds. The quantitative estimate of drug-likeness (QED) is 0.112. The lowest BCUT2D eigenvalue weighted by Gasteiger charge is -2.39. The van der Waals surface area contributed by atoms with Crippen LogP contribution < -0.4 is 31.8 Å². The molecule has 0 aliphatic carbocycles. The average molecular weight is 735 g/mol. The number of aliphatic imine (C=N–C) groups is 1. The second kappa shape index (κ2) is 13.4. The summed E-state index contributed by atoms with van der Waals surface area (Å²) < 4.78 is 24.4. The Labute approximate surface area is 311 Å². The van der Waals surface area contributed by atoms with Crippen molar-refractivity contribution in [2.75, 3.05) is 31.6 Å². The Morgan fingerprint density at radius 1 is 1.13 bits per heavy atom. The van der Waals surface area contributed by atoms with Gasteiger partial charge in [0.15, 0.2) is 11.0 Å². The number of anilines is 2. The molecule has 14 heteroatoms. The van der Waals surface area contributed by atoms with Crippen LogP contribution in [0.1, 0.15) is 49.3 Å². The zero-order valence-corrected chi connectivity index (χ0v) is 30.7. The van der Waals surface area contributed by atoms with E-state index in [1.807, 2.05) is 51.4 Å². The van der Waals surface area contributed by atoms with E-state index in [1.165, 1.54) is 16.5 Å². The number of nitrogens with two attached hydrogens (primary N) is 2. The third-order valence-electron chi connectivity index (χ3n) is 10.7. The molecule has 4 aliphatic heterocycles. The van der Waals surface area contributed by atoms with Crippen molar-refractivity contribution in [3.8, 4) is 22.8 Å². The topological polar surface area (TPSA) is 205 Å². The van der Waals surface area contributed by atoms with Crippen molar-refractivity contribution < 1.29 is 33.4 Å². The first kappa shape index (κ1) is 35.5. The Morgan fingerprint density at radius 2 is 1.94 bits per heavy atom. The molecule has 8 rings (SSSR count). The summed E-state index contributed by atoms with van der Waals surface area (Å²) in [6.07, 6.45) is 6.44. The fourth-order valence-electron chi connectivity index (χ4n) is 7.79. The number of aromatic hydroxyl groups is 1. The van der Waals surface area contributed by atoms with Gasteiger partial charge in [0.2, 0.25) is 0 Å². The van der Waals surface area contributed by atoms with Gasteiger partial charge < -0.3 is 40.5 Å². The van der Waals surface area contributed by atoms with Crippen LogP contribution in [0.3, 0.4) is 0 Å². The lowest BCUT2D eigenvalue weighted by Crippen LogP contribution is -3.04. The van der Waals surface area contributed by atoms with E-state index in [9.17, 15) is 14.7 Å². The van der Waals surface area contributed by atoms with Crippen LogP contribution in [0, 0.1) is 6.92 Å². The number of hydrogen-bond acceptors (Lipinski definition) is 13. The molecule has 7 N–H and O–H groups in total. The molecule has 4 atom stereocenters. The first-order valence-corrected chi connectivity index (χ1v) is 18.2. The number of fused-ring (bicyclic) bond motifs is 3. The number of rotatable bonds is 11. The van der Waals surface area contributed by atoms with Crippen LogP contribution in [-0.2, 0) is 33.7 Å². The van der Waals surface area contributed by atoms with Crippen molar-refractivity contribution in [3.05, 3.63) is 92.7 Å². The summed E-state index contributed by atoms with van der Waals surface area (Å²) >= 11 is 0. The molecule has 0 spiro atoms. The summed E-state index contributed by atoms with van der Waals surface area (Å²) in [5.74, 6) is 0.826. The molecule has 1 fully saturated rings. The van der Waals surface area contributed by atoms with E-state index in [-0.39, 0.29) is 28.6 Å². The molecule has 280 valence electrons. The molecule has 4 aliphatic rings. The highest BCUT2D eigenvalue weighted by Crippen LogP contribution is 2.47. The van der Waals surface area contributed by atoms with Gasteiger partial charge in [0.05, 0.1) is 17.5 Å². The van der Waals surface area contributed by atoms with Crippen LogP contribution in [0.25, 0.3) is 22.2 Å². The largest absolute Gasteiger partial charge is 0.507 e. The van der Waals surface area contributed by atoms with Crippen LogP contribution in [0.2, 0.25) is 0 Å². The maximum atomic E-state index is 14.0. The van der Waals surface area contributed by atoms with Crippen molar-refractivity contribution >= 4 is 34.8 Å². The minimum atomic E-state index is -1.16. The normalized spacial score (nSPS) is 23.4. The fourth-order valence-corrected chi connectivity index (χ4v) is 7.79. The Hall–Kier alpha value is -5.57. The van der Waals surface area contributed by atoms with E-state index < -0.39 is 29.4 Å². The molecule has 0 radical (unpaired) electrons. The lowest BCUT2D eigenvalue weighted by molar-refractivity contribution is -0.852. The smallest absolute Gasteiger partial charge is 0.341 e. The molecule has 54 heavy (non-hydrogen) atoms. The standard InChI is InChI=1S/C40H43N7O7/c1-21-11-29(48)36-31(51-21)17-30-26(37(36)49)16-33(39(2,3)53-30)52-38(50)40(8-10-43-4)32(54-40)6-5-22-12-27(46-34(41)13-22)24-14-25(45-35(42)15-24)19-47-18-23-7-9-44-28(23)20-47/h7,9,11-15,17,20,32-33,43,49H,5-6,8,10,16,18-19H2,1-4H3,(H2,41,46)(H2,42,45)/p+1/t32-,33-,40+/m1/s1. The number of carbonyl (C=O) groups excluding carboxylic acids is 1. The fraction of sp³-hybridized carbons (Fsp3) is 0.375. The van der Waals surface area contributed by atoms with Crippen LogP contribution in [0.5, 0.6) is 11.5 Å². The SMILES string of the molecule is CNCC[C@]1(C(=O)O[C@@H]2Cc3c(cc4oc(C)cc(=O)c4c3O)OC2(C)C)O[C@@H]1CCc1cc(N)nc(-c2cc(N)nc(C[NH+]3C=C4N=CC=C4C3)c2)c1. The van der Waals surface area contributed by atoms with Crippen molar-refractivity contribution in [3.63, 3.8) is 0 Å². The third kappa shape index (κ3) is 6.61. The van der Waals surface area contributed by atoms with Gasteiger partial charge in [0, 0.05) is 47.9 Å². The van der Waals surface area contributed by atoms with Gasteiger partial charge in [0.25, 0.3) is 0 Å². The van der Waals surface area contributed by atoms with E-state index in [0.717, 1.165) is 29.1 Å². The molecule has 4 aromatic rings. The number of nitrogens with zero attached hydrogens (tertiary/aromatic N) is 3. The van der Waals surface area contributed by atoms with Gasteiger partial charge in [-0.25, -0.2) is 14.8 Å². The Kier molecular flexibility index (Phi) is 8.78. The molecular weight excluding hydrogens is 690 g/mol. The summed E-state index contributed by atoms with van der Waals surface area (Å²) in [6.45, 7) is 7.33. The molecule has 0 bridgehead atoms. The molecule has 1 aromatic carbocycles. The van der Waals surface area contributed by atoms with E-state index in [4.69, 9.17) is 30.1 Å². The molecule has 1 unspecified atom stereocenters. The second-order valence-corrected chi connectivity index (χ2v) is 15.1. The minimum absolute atomic E-state index is 0.0630. The molecule has 3 aromatic heterocycles. The van der Waals surface area contributed by atoms with Gasteiger partial charge >= 0.3 is 5.97 Å². The number of ether oxygens (including phenoxy) is 3. The number of allylic oxidation sites excluding steroid dienone is 1. The first-order valence-electron chi connectivity index (χ1n) is 18.2. The van der Waals surface area contributed by atoms with Crippen LogP contribution >= 0.6 is 0 Å². The van der Waals surface area contributed by atoms with Crippen molar-refractivity contribution in [1.29, 1.82) is 0 Å². The predicted molar refractivity (Wildman–Crippen MR) is 202 cm³/mol. The number of benzene rings is 1. The zero-order valence-electron chi connectivity index (χ0n) is 30.7. The number of phenols is 1. The minimum Gasteiger partial charge on any atom is -0.507 e. The summed E-state index contributed by atoms with van der Waals surface area (Å²) in [5, 5.41) is 14.4. The maximum Gasteiger partial charge on any atom is 0.341 e. The van der Waals surface area contributed by atoms with Gasteiger partial charge in [-0.2, -0.15) is 0 Å². The monoisotopic (exact) mass is 734 g/mol. The number of hydrogen-bond donors (Lipinski definition) is 5. The first-order chi connectivity index (χ1) is 25.8. The number of aryl methyl sites for hydroxylation is 2. The highest BCUT2D eigenvalue weighted by molar-refractivity contribution is 5.87. The third-order valence-corrected chi connectivity index (χ3v) is 10.7. The number of nitrogen functional groups attached to an aromatic ring is 2. The van der Waals surface area contributed by atoms with Gasteiger partial charge in [-0.05, 0) is 83.1 Å². The van der Waals surface area contributed by atoms with Crippen LogP contribution in [-0.4, -0.2) is 70.8 Å². The van der Waals surface area contributed by atoms with E-state index >= 15 is 0 Å². The molecule has 7 heterocycles. The predicted octanol–water partition coefficient (Wildman–Crippen LogP) is 2.68. The summed E-state index contributed by atoms with van der Waals surface area (Å²) in [5.41, 5.74) is 16.2. The number of esters is 1. The van der Waals surface area contributed by atoms with Crippen molar-refractivity contribution in [2.45, 2.75) is 76.4 Å². The number of phenolic OH excluding ortho intramolecular Hbond substituents is 1. The number of carbonyl (C=O) groups is 1. The van der Waals surface area contributed by atoms with Gasteiger partial charge in [-0.1, -0.05) is 0 Å². The zero-order chi connectivity index (χ0) is 37.9. The maximum absolute atomic E-state index is 14.0. The molecular formula is C40H44N7O7+. The second-order valence-electron chi connectivity index (χ2n) is 15.1. The van der Waals surface area contributed by atoms with Gasteiger partial charge in [-0.3, -0.25) is 14.7 Å². The van der Waals surface area contributed by atoms with Crippen molar-refractivity contribution in [2.24, 2.45) is 4.99 Å². The van der Waals surface area contributed by atoms with Crippen molar-refractivity contribution in [1.82, 2.24) is 15.3 Å². The van der Waals surface area contributed by atoms with E-state index in [0.29, 0.717) is 66.8 Å². The number of pyridine rings is 2. The number of aromatic nitrogens is 2. The van der Waals surface area contributed by atoms with Gasteiger partial charge in [0.1, 0.15) is 76.6 Å². The highest BCUT2D eigenvalue weighted by Gasteiger charge is 2.63. The Morgan fingerprint density at radius 3 is 2.74 bits per heavy atom. The average Bonchev–Trinajstić information content (AvgIpc) is 3.42. The number of epoxide rings is 1. The highest BCUT2D eigenvalue weighted by atomic mass is 16.7. The number of quaternary nitrogens is 1.